The largest absolute Gasteiger partial charge is 0.340 e. The number of hydrogen-bond acceptors (Lipinski definition) is 3. The maximum atomic E-state index is 13.2. The van der Waals surface area contributed by atoms with Crippen molar-refractivity contribution in [2.45, 2.75) is 32.4 Å². The molecule has 0 spiro atoms. The molecule has 1 aliphatic carbocycles. The first-order valence-corrected chi connectivity index (χ1v) is 11.2. The van der Waals surface area contributed by atoms with Crippen LogP contribution in [0.15, 0.2) is 46.5 Å². The van der Waals surface area contributed by atoms with Gasteiger partial charge in [0.1, 0.15) is 6.04 Å². The van der Waals surface area contributed by atoms with E-state index in [0.717, 1.165) is 13.1 Å². The fourth-order valence-electron chi connectivity index (χ4n) is 3.73. The highest BCUT2D eigenvalue weighted by Gasteiger charge is 2.32. The summed E-state index contributed by atoms with van der Waals surface area (Å²) < 4.78 is 0. The molecule has 30 heavy (non-hydrogen) atoms. The highest BCUT2D eigenvalue weighted by Crippen LogP contribution is 2.28. The summed E-state index contributed by atoms with van der Waals surface area (Å²) in [4.78, 5) is 30.0. The van der Waals surface area contributed by atoms with E-state index in [-0.39, 0.29) is 23.8 Å². The van der Waals surface area contributed by atoms with Crippen LogP contribution in [0.1, 0.15) is 30.6 Å². The van der Waals surface area contributed by atoms with Crippen LogP contribution in [0.5, 0.6) is 0 Å². The van der Waals surface area contributed by atoms with Crippen LogP contribution in [0.4, 0.5) is 0 Å². The van der Waals surface area contributed by atoms with E-state index in [2.05, 4.69) is 16.3 Å². The molecule has 1 N–H and O–H groups in total. The van der Waals surface area contributed by atoms with Crippen LogP contribution < -0.4 is 5.32 Å². The van der Waals surface area contributed by atoms with E-state index in [9.17, 15) is 9.59 Å². The minimum Gasteiger partial charge on any atom is -0.340 e. The average Bonchev–Trinajstić information content (AvgIpc) is 2.73. The quantitative estimate of drug-likeness (QED) is 0.700. The molecule has 0 aromatic heterocycles. The number of piperazine rings is 1. The molecule has 2 aliphatic rings. The standard InChI is InChI=1S/C22H26Cl3N3O2/c1-14(2)20(26-21(29)16-5-3-4-6-17(16)23)22(30)28-11-9-27(10-12-28)15-7-8-18(24)19(25)13-15/h3-8,14-15,20H,9-13H2,1-2H3,(H,26,29)/t15-,20+/m0/s1. The van der Waals surface area contributed by atoms with Crippen LogP contribution in [0.3, 0.4) is 0 Å². The molecule has 1 fully saturated rings. The van der Waals surface area contributed by atoms with Gasteiger partial charge in [-0.2, -0.15) is 0 Å². The van der Waals surface area contributed by atoms with Crippen molar-refractivity contribution in [1.82, 2.24) is 15.1 Å². The fraction of sp³-hybridized carbons (Fsp3) is 0.455. The Morgan fingerprint density at radius 2 is 1.73 bits per heavy atom. The van der Waals surface area contributed by atoms with Gasteiger partial charge in [-0.3, -0.25) is 14.5 Å². The van der Waals surface area contributed by atoms with Gasteiger partial charge in [-0.25, -0.2) is 0 Å². The first kappa shape index (κ1) is 23.1. The molecule has 1 aromatic rings. The van der Waals surface area contributed by atoms with E-state index < -0.39 is 6.04 Å². The predicted octanol–water partition coefficient (Wildman–Crippen LogP) is 4.26. The topological polar surface area (TPSA) is 52.7 Å². The van der Waals surface area contributed by atoms with Gasteiger partial charge in [-0.1, -0.05) is 66.9 Å². The second kappa shape index (κ2) is 10.2. The molecule has 2 amide bonds. The molecule has 3 rings (SSSR count). The molecule has 162 valence electrons. The van der Waals surface area contributed by atoms with Crippen molar-refractivity contribution in [1.29, 1.82) is 0 Å². The minimum atomic E-state index is -0.605. The number of hydrogen-bond donors (Lipinski definition) is 1. The molecular weight excluding hydrogens is 445 g/mol. The lowest BCUT2D eigenvalue weighted by atomic mass is 10.0. The Bertz CT molecular complexity index is 861. The second-order valence-corrected chi connectivity index (χ2v) is 9.19. The van der Waals surface area contributed by atoms with Gasteiger partial charge >= 0.3 is 0 Å². The molecule has 1 aliphatic heterocycles. The summed E-state index contributed by atoms with van der Waals surface area (Å²) in [7, 11) is 0. The van der Waals surface area contributed by atoms with Crippen molar-refractivity contribution in [3.63, 3.8) is 0 Å². The molecule has 1 aromatic carbocycles. The Morgan fingerprint density at radius 1 is 1.07 bits per heavy atom. The third-order valence-electron chi connectivity index (χ3n) is 5.54. The van der Waals surface area contributed by atoms with Crippen molar-refractivity contribution in [3.05, 3.63) is 57.1 Å². The summed E-state index contributed by atoms with van der Waals surface area (Å²) >= 11 is 18.4. The molecule has 0 radical (unpaired) electrons. The molecule has 1 heterocycles. The van der Waals surface area contributed by atoms with Crippen LogP contribution in [0.2, 0.25) is 5.02 Å². The van der Waals surface area contributed by atoms with Crippen molar-refractivity contribution >= 4 is 46.6 Å². The van der Waals surface area contributed by atoms with Gasteiger partial charge in [0.05, 0.1) is 15.6 Å². The normalized spacial score (nSPS) is 21.1. The van der Waals surface area contributed by atoms with E-state index >= 15 is 0 Å². The number of halogens is 3. The van der Waals surface area contributed by atoms with Gasteiger partial charge in [0.25, 0.3) is 5.91 Å². The second-order valence-electron chi connectivity index (χ2n) is 7.92. The summed E-state index contributed by atoms with van der Waals surface area (Å²) in [5.74, 6) is -0.448. The molecule has 5 nitrogen and oxygen atoms in total. The van der Waals surface area contributed by atoms with Gasteiger partial charge in [0, 0.05) is 43.7 Å². The predicted molar refractivity (Wildman–Crippen MR) is 122 cm³/mol. The van der Waals surface area contributed by atoms with Crippen molar-refractivity contribution in [3.8, 4) is 0 Å². The monoisotopic (exact) mass is 469 g/mol. The van der Waals surface area contributed by atoms with E-state index in [1.54, 1.807) is 24.3 Å². The van der Waals surface area contributed by atoms with Crippen molar-refractivity contribution in [2.24, 2.45) is 5.92 Å². The summed E-state index contributed by atoms with van der Waals surface area (Å²) in [6, 6.07) is 6.42. The van der Waals surface area contributed by atoms with Gasteiger partial charge in [0.2, 0.25) is 5.91 Å². The number of rotatable bonds is 5. The number of nitrogens with zero attached hydrogens (tertiary/aromatic N) is 2. The van der Waals surface area contributed by atoms with Gasteiger partial charge < -0.3 is 10.2 Å². The molecule has 0 saturated carbocycles. The number of allylic oxidation sites excluding steroid dienone is 2. The Kier molecular flexibility index (Phi) is 7.86. The average molecular weight is 471 g/mol. The Hall–Kier alpha value is -1.53. The fourth-order valence-corrected chi connectivity index (χ4v) is 4.33. The first-order chi connectivity index (χ1) is 14.3. The molecule has 1 saturated heterocycles. The van der Waals surface area contributed by atoms with Crippen LogP contribution in [0, 0.1) is 5.92 Å². The third-order valence-corrected chi connectivity index (χ3v) is 6.68. The van der Waals surface area contributed by atoms with Crippen LogP contribution in [-0.4, -0.2) is 59.9 Å². The van der Waals surface area contributed by atoms with Gasteiger partial charge in [0.15, 0.2) is 0 Å². The zero-order valence-electron chi connectivity index (χ0n) is 17.1. The minimum absolute atomic E-state index is 0.0469. The molecule has 0 unspecified atom stereocenters. The summed E-state index contributed by atoms with van der Waals surface area (Å²) in [5.41, 5.74) is 0.370. The number of carbonyl (C=O) groups excluding carboxylic acids is 2. The van der Waals surface area contributed by atoms with Crippen LogP contribution in [-0.2, 0) is 4.79 Å². The summed E-state index contributed by atoms with van der Waals surface area (Å²) in [6.07, 6.45) is 4.59. The van der Waals surface area contributed by atoms with Crippen molar-refractivity contribution < 1.29 is 9.59 Å². The lowest BCUT2D eigenvalue weighted by Gasteiger charge is -2.40. The van der Waals surface area contributed by atoms with Crippen LogP contribution in [0.25, 0.3) is 0 Å². The summed E-state index contributed by atoms with van der Waals surface area (Å²) in [5, 5.41) is 4.51. The van der Waals surface area contributed by atoms with E-state index in [1.165, 1.54) is 0 Å². The maximum absolute atomic E-state index is 13.2. The van der Waals surface area contributed by atoms with E-state index in [4.69, 9.17) is 34.8 Å². The first-order valence-electron chi connectivity index (χ1n) is 10.1. The third kappa shape index (κ3) is 5.38. The van der Waals surface area contributed by atoms with E-state index in [0.29, 0.717) is 40.2 Å². The Labute approximate surface area is 192 Å². The lowest BCUT2D eigenvalue weighted by Crippen LogP contribution is -2.57. The zero-order chi connectivity index (χ0) is 21.8. The summed E-state index contributed by atoms with van der Waals surface area (Å²) in [6.45, 7) is 6.54. The SMILES string of the molecule is CC(C)[C@@H](NC(=O)c1ccccc1Cl)C(=O)N1CCN([C@H]2C=CC(Cl)=C(Cl)C2)CC1. The van der Waals surface area contributed by atoms with Gasteiger partial charge in [-0.05, 0) is 24.1 Å². The van der Waals surface area contributed by atoms with Gasteiger partial charge in [-0.15, -0.1) is 0 Å². The van der Waals surface area contributed by atoms with E-state index in [1.807, 2.05) is 24.8 Å². The molecule has 2 atom stereocenters. The molecule has 8 heteroatoms. The Morgan fingerprint density at radius 3 is 2.33 bits per heavy atom. The molecular formula is C22H26Cl3N3O2. The highest BCUT2D eigenvalue weighted by atomic mass is 35.5. The Balaban J connectivity index is 1.60. The number of carbonyl (C=O) groups is 2. The molecule has 0 bridgehead atoms. The van der Waals surface area contributed by atoms with Crippen molar-refractivity contribution in [2.75, 3.05) is 26.2 Å². The zero-order valence-corrected chi connectivity index (χ0v) is 19.3. The number of nitrogens with one attached hydrogen (secondary N) is 1. The van der Waals surface area contributed by atoms with Crippen LogP contribution >= 0.6 is 34.8 Å². The smallest absolute Gasteiger partial charge is 0.253 e. The number of benzene rings is 1. The number of amides is 2. The highest BCUT2D eigenvalue weighted by molar-refractivity contribution is 6.40. The lowest BCUT2D eigenvalue weighted by molar-refractivity contribution is -0.136. The maximum Gasteiger partial charge on any atom is 0.253 e.